The van der Waals surface area contributed by atoms with Gasteiger partial charge in [0, 0.05) is 28.0 Å². The molecule has 20 heavy (non-hydrogen) atoms. The Kier molecular flexibility index (Phi) is 3.30. The zero-order valence-corrected chi connectivity index (χ0v) is 11.6. The largest absolute Gasteiger partial charge is 0.321 e. The Labute approximate surface area is 124 Å². The van der Waals surface area contributed by atoms with Crippen molar-refractivity contribution in [1.82, 2.24) is 14.6 Å². The van der Waals surface area contributed by atoms with Crippen LogP contribution in [0.3, 0.4) is 0 Å². The Morgan fingerprint density at radius 2 is 1.85 bits per heavy atom. The number of carbonyl (C=O) groups excluding carboxylic acids is 1. The van der Waals surface area contributed by atoms with E-state index in [2.05, 4.69) is 15.4 Å². The monoisotopic (exact) mass is 306 g/mol. The maximum atomic E-state index is 12.3. The predicted molar refractivity (Wildman–Crippen MR) is 77.4 cm³/mol. The number of aromatic nitrogens is 3. The molecule has 0 aliphatic heterocycles. The molecule has 0 aliphatic carbocycles. The number of benzene rings is 1. The lowest BCUT2D eigenvalue weighted by Gasteiger charge is -2.07. The van der Waals surface area contributed by atoms with Crippen molar-refractivity contribution in [2.45, 2.75) is 0 Å². The number of hydrogen-bond donors (Lipinski definition) is 1. The first-order valence-corrected chi connectivity index (χ1v) is 6.45. The Balaban J connectivity index is 1.95. The third kappa shape index (κ3) is 2.45. The molecule has 2 heterocycles. The van der Waals surface area contributed by atoms with E-state index in [4.69, 9.17) is 23.2 Å². The van der Waals surface area contributed by atoms with Crippen LogP contribution < -0.4 is 5.32 Å². The highest BCUT2D eigenvalue weighted by atomic mass is 35.5. The van der Waals surface area contributed by atoms with E-state index in [1.165, 1.54) is 4.52 Å². The van der Waals surface area contributed by atoms with E-state index in [0.29, 0.717) is 27.1 Å². The first-order chi connectivity index (χ1) is 9.63. The summed E-state index contributed by atoms with van der Waals surface area (Å²) in [4.78, 5) is 16.4. The summed E-state index contributed by atoms with van der Waals surface area (Å²) in [5.74, 6) is -0.320. The van der Waals surface area contributed by atoms with Gasteiger partial charge in [-0.15, -0.1) is 0 Å². The van der Waals surface area contributed by atoms with E-state index in [1.807, 2.05) is 0 Å². The van der Waals surface area contributed by atoms with Crippen molar-refractivity contribution >= 4 is 40.4 Å². The molecule has 0 radical (unpaired) electrons. The summed E-state index contributed by atoms with van der Waals surface area (Å²) in [5.41, 5.74) is 1.49. The predicted octanol–water partition coefficient (Wildman–Crippen LogP) is 3.29. The normalized spacial score (nSPS) is 10.7. The number of rotatable bonds is 2. The molecular weight excluding hydrogens is 299 g/mol. The Morgan fingerprint density at radius 1 is 1.10 bits per heavy atom. The topological polar surface area (TPSA) is 59.3 Å². The molecule has 0 spiro atoms. The highest BCUT2D eigenvalue weighted by Gasteiger charge is 2.12. The highest BCUT2D eigenvalue weighted by Crippen LogP contribution is 2.22. The van der Waals surface area contributed by atoms with Gasteiger partial charge >= 0.3 is 0 Å². The maximum absolute atomic E-state index is 12.3. The number of carbonyl (C=O) groups is 1. The summed E-state index contributed by atoms with van der Waals surface area (Å²) in [6.45, 7) is 0. The molecule has 100 valence electrons. The summed E-state index contributed by atoms with van der Waals surface area (Å²) >= 11 is 11.8. The lowest BCUT2D eigenvalue weighted by Crippen LogP contribution is -2.16. The van der Waals surface area contributed by atoms with Crippen LogP contribution in [0.15, 0.2) is 42.7 Å². The number of fused-ring (bicyclic) bond motifs is 1. The van der Waals surface area contributed by atoms with Crippen molar-refractivity contribution in [3.63, 3.8) is 0 Å². The van der Waals surface area contributed by atoms with E-state index >= 15 is 0 Å². The number of hydrogen-bond acceptors (Lipinski definition) is 3. The fraction of sp³-hybridized carbons (Fsp3) is 0. The highest BCUT2D eigenvalue weighted by molar-refractivity contribution is 6.35. The van der Waals surface area contributed by atoms with Crippen LogP contribution in [0.5, 0.6) is 0 Å². The minimum atomic E-state index is -0.320. The minimum absolute atomic E-state index is 0.320. The van der Waals surface area contributed by atoms with Gasteiger partial charge in [-0.05, 0) is 24.3 Å². The molecule has 2 aromatic heterocycles. The van der Waals surface area contributed by atoms with Crippen LogP contribution in [-0.2, 0) is 0 Å². The molecule has 7 heteroatoms. The molecule has 0 fully saturated rings. The zero-order valence-electron chi connectivity index (χ0n) is 10.0. The van der Waals surface area contributed by atoms with Crippen LogP contribution in [0.25, 0.3) is 5.65 Å². The molecule has 0 bridgehead atoms. The van der Waals surface area contributed by atoms with Crippen molar-refractivity contribution in [3.05, 3.63) is 58.5 Å². The average molecular weight is 307 g/mol. The third-order valence-electron chi connectivity index (χ3n) is 2.64. The average Bonchev–Trinajstić information content (AvgIpc) is 2.85. The van der Waals surface area contributed by atoms with Gasteiger partial charge in [0.1, 0.15) is 5.69 Å². The smallest absolute Gasteiger partial charge is 0.274 e. The molecule has 3 rings (SSSR count). The molecule has 5 nitrogen and oxygen atoms in total. The van der Waals surface area contributed by atoms with Gasteiger partial charge in [0.15, 0.2) is 5.65 Å². The number of anilines is 1. The van der Waals surface area contributed by atoms with Gasteiger partial charge in [0.05, 0.1) is 6.20 Å². The summed E-state index contributed by atoms with van der Waals surface area (Å²) in [7, 11) is 0. The second kappa shape index (κ2) is 5.11. The molecule has 1 aromatic carbocycles. The van der Waals surface area contributed by atoms with Crippen molar-refractivity contribution in [2.75, 3.05) is 5.32 Å². The summed E-state index contributed by atoms with van der Waals surface area (Å²) < 4.78 is 1.46. The summed E-state index contributed by atoms with van der Waals surface area (Å²) in [6.07, 6.45) is 3.13. The third-order valence-corrected chi connectivity index (χ3v) is 3.08. The molecule has 0 saturated heterocycles. The second-order valence-corrected chi connectivity index (χ2v) is 4.92. The van der Waals surface area contributed by atoms with E-state index in [0.717, 1.165) is 0 Å². The fourth-order valence-corrected chi connectivity index (χ4v) is 2.35. The molecule has 0 unspecified atom stereocenters. The van der Waals surface area contributed by atoms with Crippen LogP contribution in [-0.4, -0.2) is 20.5 Å². The number of nitrogens with one attached hydrogen (secondary N) is 1. The lowest BCUT2D eigenvalue weighted by molar-refractivity contribution is 0.102. The van der Waals surface area contributed by atoms with Crippen molar-refractivity contribution in [1.29, 1.82) is 0 Å². The first kappa shape index (κ1) is 12.9. The van der Waals surface area contributed by atoms with Gasteiger partial charge in [-0.25, -0.2) is 9.50 Å². The van der Waals surface area contributed by atoms with E-state index < -0.39 is 0 Å². The quantitative estimate of drug-likeness (QED) is 0.790. The first-order valence-electron chi connectivity index (χ1n) is 5.70. The van der Waals surface area contributed by atoms with E-state index in [-0.39, 0.29) is 5.91 Å². The van der Waals surface area contributed by atoms with Gasteiger partial charge in [0.25, 0.3) is 5.91 Å². The molecule has 1 amide bonds. The van der Waals surface area contributed by atoms with Crippen molar-refractivity contribution in [2.24, 2.45) is 0 Å². The summed E-state index contributed by atoms with van der Waals surface area (Å²) in [6, 6.07) is 8.13. The number of nitrogens with zero attached hydrogens (tertiary/aromatic N) is 3. The van der Waals surface area contributed by atoms with Crippen LogP contribution >= 0.6 is 23.2 Å². The van der Waals surface area contributed by atoms with Gasteiger partial charge in [-0.1, -0.05) is 23.2 Å². The second-order valence-electron chi connectivity index (χ2n) is 4.04. The standard InChI is InChI=1S/C13H8Cl2N4O/c14-8-5-9(15)7-10(6-8)18-13(20)11-1-3-16-12-2-4-17-19(11)12/h1-7H,(H,18,20). The molecule has 0 saturated carbocycles. The molecule has 0 aliphatic rings. The van der Waals surface area contributed by atoms with Gasteiger partial charge in [-0.3, -0.25) is 4.79 Å². The van der Waals surface area contributed by atoms with Crippen molar-refractivity contribution < 1.29 is 4.79 Å². The molecule has 3 aromatic rings. The number of amides is 1. The van der Waals surface area contributed by atoms with Gasteiger partial charge in [-0.2, -0.15) is 5.10 Å². The minimum Gasteiger partial charge on any atom is -0.321 e. The molecular formula is C13H8Cl2N4O. The molecule has 1 N–H and O–H groups in total. The van der Waals surface area contributed by atoms with E-state index in [1.54, 1.807) is 42.7 Å². The van der Waals surface area contributed by atoms with Gasteiger partial charge < -0.3 is 5.32 Å². The SMILES string of the molecule is O=C(Nc1cc(Cl)cc(Cl)c1)c1ccnc2ccnn12. The van der Waals surface area contributed by atoms with Crippen LogP contribution in [0.1, 0.15) is 10.5 Å². The number of halogens is 2. The fourth-order valence-electron chi connectivity index (χ4n) is 1.83. The van der Waals surface area contributed by atoms with Crippen LogP contribution in [0.2, 0.25) is 10.0 Å². The van der Waals surface area contributed by atoms with Crippen LogP contribution in [0, 0.1) is 0 Å². The van der Waals surface area contributed by atoms with Gasteiger partial charge in [0.2, 0.25) is 0 Å². The van der Waals surface area contributed by atoms with Crippen LogP contribution in [0.4, 0.5) is 5.69 Å². The maximum Gasteiger partial charge on any atom is 0.274 e. The Morgan fingerprint density at radius 3 is 2.60 bits per heavy atom. The van der Waals surface area contributed by atoms with Crippen molar-refractivity contribution in [3.8, 4) is 0 Å². The molecule has 0 atom stereocenters. The van der Waals surface area contributed by atoms with E-state index in [9.17, 15) is 4.79 Å². The lowest BCUT2D eigenvalue weighted by atomic mass is 10.3. The Bertz CT molecular complexity index is 780. The Hall–Kier alpha value is -2.11. The summed E-state index contributed by atoms with van der Waals surface area (Å²) in [5, 5.41) is 7.68. The zero-order chi connectivity index (χ0) is 14.1.